The molecule has 0 bridgehead atoms. The zero-order chi connectivity index (χ0) is 17.6. The lowest BCUT2D eigenvalue weighted by atomic mass is 10.1. The number of rotatable bonds is 7. The maximum absolute atomic E-state index is 13.2. The van der Waals surface area contributed by atoms with Gasteiger partial charge in [0.25, 0.3) is 0 Å². The van der Waals surface area contributed by atoms with Crippen molar-refractivity contribution >= 4 is 17.4 Å². The van der Waals surface area contributed by atoms with E-state index in [1.165, 1.54) is 12.1 Å². The van der Waals surface area contributed by atoms with E-state index in [-0.39, 0.29) is 11.7 Å². The lowest BCUT2D eigenvalue weighted by Gasteiger charge is -2.09. The predicted molar refractivity (Wildman–Crippen MR) is 94.8 cm³/mol. The van der Waals surface area contributed by atoms with Crippen LogP contribution < -0.4 is 10.6 Å². The molecule has 2 N–H and O–H groups in total. The number of anilines is 1. The van der Waals surface area contributed by atoms with E-state index < -0.39 is 0 Å². The number of carbonyl (C=O) groups excluding carboxylic acids is 1. The number of halogens is 1. The summed E-state index contributed by atoms with van der Waals surface area (Å²) in [5, 5.41) is 6.12. The number of nitrogens with zero attached hydrogens (tertiary/aromatic N) is 3. The number of hydrogen-bond donors (Lipinski definition) is 2. The van der Waals surface area contributed by atoms with Gasteiger partial charge in [-0.1, -0.05) is 6.92 Å². The van der Waals surface area contributed by atoms with Crippen LogP contribution in [0.3, 0.4) is 0 Å². The van der Waals surface area contributed by atoms with Crippen LogP contribution in [0.15, 0.2) is 42.9 Å². The molecular weight excluding hydrogens is 321 g/mol. The Hall–Kier alpha value is -2.96. The first-order chi connectivity index (χ1) is 12.2. The predicted octanol–water partition coefficient (Wildman–Crippen LogP) is 2.86. The zero-order valence-electron chi connectivity index (χ0n) is 14.0. The van der Waals surface area contributed by atoms with Gasteiger partial charge in [-0.05, 0) is 30.7 Å². The van der Waals surface area contributed by atoms with Gasteiger partial charge >= 0.3 is 0 Å². The van der Waals surface area contributed by atoms with E-state index >= 15 is 0 Å². The summed E-state index contributed by atoms with van der Waals surface area (Å²) in [6.45, 7) is 3.17. The highest BCUT2D eigenvalue weighted by Crippen LogP contribution is 2.28. The lowest BCUT2D eigenvalue weighted by molar-refractivity contribution is -0.120. The minimum Gasteiger partial charge on any atom is -0.369 e. The summed E-state index contributed by atoms with van der Waals surface area (Å²) in [5.74, 6) is 0.469. The molecule has 1 aromatic carbocycles. The minimum absolute atomic E-state index is 0.00756. The average Bonchev–Trinajstić information content (AvgIpc) is 2.99. The standard InChI is InChI=1S/C18H20FN5O/c1-2-8-21-16(25)7-9-22-18-17(13-3-5-14(19)6-4-13)23-15-12-20-10-11-24(15)18/h3-6,10-12,22H,2,7-9H2,1H3,(H,21,25). The molecule has 3 aromatic rings. The highest BCUT2D eigenvalue weighted by atomic mass is 19.1. The van der Waals surface area contributed by atoms with Crippen LogP contribution in [-0.2, 0) is 4.79 Å². The smallest absolute Gasteiger partial charge is 0.221 e. The van der Waals surface area contributed by atoms with E-state index in [0.717, 1.165) is 17.8 Å². The maximum atomic E-state index is 13.2. The monoisotopic (exact) mass is 341 g/mol. The zero-order valence-corrected chi connectivity index (χ0v) is 14.0. The molecule has 0 fully saturated rings. The second-order valence-corrected chi connectivity index (χ2v) is 5.65. The van der Waals surface area contributed by atoms with Crippen LogP contribution in [0, 0.1) is 5.82 Å². The van der Waals surface area contributed by atoms with E-state index in [1.807, 2.05) is 11.3 Å². The molecule has 0 aliphatic carbocycles. The summed E-state index contributed by atoms with van der Waals surface area (Å²) in [4.78, 5) is 20.4. The number of benzene rings is 1. The third-order valence-corrected chi connectivity index (χ3v) is 3.76. The maximum Gasteiger partial charge on any atom is 0.221 e. The Morgan fingerprint density at radius 3 is 2.80 bits per heavy atom. The van der Waals surface area contributed by atoms with Gasteiger partial charge in [0.05, 0.1) is 6.20 Å². The molecular formula is C18H20FN5O. The molecule has 3 rings (SSSR count). The van der Waals surface area contributed by atoms with Crippen LogP contribution in [0.2, 0.25) is 0 Å². The molecule has 0 aliphatic rings. The van der Waals surface area contributed by atoms with Crippen molar-refractivity contribution in [2.75, 3.05) is 18.4 Å². The topological polar surface area (TPSA) is 71.3 Å². The molecule has 0 spiro atoms. The van der Waals surface area contributed by atoms with Gasteiger partial charge < -0.3 is 10.6 Å². The fraction of sp³-hybridized carbons (Fsp3) is 0.278. The van der Waals surface area contributed by atoms with Crippen molar-refractivity contribution in [3.63, 3.8) is 0 Å². The first-order valence-corrected chi connectivity index (χ1v) is 8.27. The van der Waals surface area contributed by atoms with Crippen molar-refractivity contribution in [1.29, 1.82) is 0 Å². The number of nitrogens with one attached hydrogen (secondary N) is 2. The molecule has 130 valence electrons. The molecule has 2 aromatic heterocycles. The Morgan fingerprint density at radius 1 is 1.24 bits per heavy atom. The number of aromatic nitrogens is 3. The number of hydrogen-bond acceptors (Lipinski definition) is 4. The number of fused-ring (bicyclic) bond motifs is 1. The van der Waals surface area contributed by atoms with Gasteiger partial charge in [0.1, 0.15) is 17.3 Å². The van der Waals surface area contributed by atoms with E-state index in [9.17, 15) is 9.18 Å². The Kier molecular flexibility index (Phi) is 5.23. The molecule has 2 heterocycles. The fourth-order valence-electron chi connectivity index (χ4n) is 2.53. The van der Waals surface area contributed by atoms with Crippen LogP contribution >= 0.6 is 0 Å². The Bertz CT molecular complexity index is 860. The summed E-state index contributed by atoms with van der Waals surface area (Å²) >= 11 is 0. The van der Waals surface area contributed by atoms with Crippen LogP contribution in [0.25, 0.3) is 16.9 Å². The van der Waals surface area contributed by atoms with Crippen molar-refractivity contribution in [1.82, 2.24) is 19.7 Å². The van der Waals surface area contributed by atoms with E-state index in [2.05, 4.69) is 20.6 Å². The number of imidazole rings is 1. The SMILES string of the molecule is CCCNC(=O)CCNc1c(-c2ccc(F)cc2)nc2cnccn12. The Labute approximate surface area is 145 Å². The highest BCUT2D eigenvalue weighted by molar-refractivity contribution is 5.78. The first kappa shape index (κ1) is 16.9. The first-order valence-electron chi connectivity index (χ1n) is 8.27. The molecule has 25 heavy (non-hydrogen) atoms. The van der Waals surface area contributed by atoms with Gasteiger partial charge in [-0.15, -0.1) is 0 Å². The normalized spacial score (nSPS) is 10.8. The van der Waals surface area contributed by atoms with Crippen molar-refractivity contribution in [2.24, 2.45) is 0 Å². The van der Waals surface area contributed by atoms with Crippen LogP contribution in [0.5, 0.6) is 0 Å². The Morgan fingerprint density at radius 2 is 2.04 bits per heavy atom. The second kappa shape index (κ2) is 7.74. The molecule has 6 nitrogen and oxygen atoms in total. The largest absolute Gasteiger partial charge is 0.369 e. The van der Waals surface area contributed by atoms with Crippen LogP contribution in [0.4, 0.5) is 10.2 Å². The summed E-state index contributed by atoms with van der Waals surface area (Å²) in [7, 11) is 0. The molecule has 0 radical (unpaired) electrons. The number of carbonyl (C=O) groups is 1. The molecule has 0 saturated heterocycles. The van der Waals surface area contributed by atoms with Gasteiger partial charge in [0, 0.05) is 37.5 Å². The van der Waals surface area contributed by atoms with Gasteiger partial charge in [0.2, 0.25) is 5.91 Å². The van der Waals surface area contributed by atoms with Gasteiger partial charge in [-0.25, -0.2) is 9.37 Å². The third-order valence-electron chi connectivity index (χ3n) is 3.76. The lowest BCUT2D eigenvalue weighted by Crippen LogP contribution is -2.26. The summed E-state index contributed by atoms with van der Waals surface area (Å²) in [6, 6.07) is 6.17. The molecule has 0 aliphatic heterocycles. The Balaban J connectivity index is 1.83. The van der Waals surface area contributed by atoms with Crippen LogP contribution in [-0.4, -0.2) is 33.4 Å². The van der Waals surface area contributed by atoms with Crippen molar-refractivity contribution in [3.8, 4) is 11.3 Å². The van der Waals surface area contributed by atoms with E-state index in [0.29, 0.717) is 30.9 Å². The molecule has 0 atom stereocenters. The van der Waals surface area contributed by atoms with Gasteiger partial charge in [-0.3, -0.25) is 14.2 Å². The minimum atomic E-state index is -0.295. The van der Waals surface area contributed by atoms with Crippen LogP contribution in [0.1, 0.15) is 19.8 Å². The van der Waals surface area contributed by atoms with Crippen molar-refractivity contribution in [3.05, 3.63) is 48.7 Å². The summed E-state index contributed by atoms with van der Waals surface area (Å²) in [5.41, 5.74) is 2.17. The average molecular weight is 341 g/mol. The number of amides is 1. The molecule has 0 unspecified atom stereocenters. The quantitative estimate of drug-likeness (QED) is 0.693. The van der Waals surface area contributed by atoms with E-state index in [1.54, 1.807) is 30.7 Å². The van der Waals surface area contributed by atoms with Gasteiger partial charge in [-0.2, -0.15) is 0 Å². The summed E-state index contributed by atoms with van der Waals surface area (Å²) in [6.07, 6.45) is 6.40. The molecule has 7 heteroatoms. The van der Waals surface area contributed by atoms with E-state index in [4.69, 9.17) is 0 Å². The van der Waals surface area contributed by atoms with Crippen molar-refractivity contribution < 1.29 is 9.18 Å². The van der Waals surface area contributed by atoms with Crippen molar-refractivity contribution in [2.45, 2.75) is 19.8 Å². The summed E-state index contributed by atoms with van der Waals surface area (Å²) < 4.78 is 15.1. The second-order valence-electron chi connectivity index (χ2n) is 5.65. The van der Waals surface area contributed by atoms with Gasteiger partial charge in [0.15, 0.2) is 5.65 Å². The third kappa shape index (κ3) is 3.93. The fourth-order valence-corrected chi connectivity index (χ4v) is 2.53. The highest BCUT2D eigenvalue weighted by Gasteiger charge is 2.14. The molecule has 0 saturated carbocycles. The molecule has 1 amide bonds.